The Hall–Kier alpha value is -2.67. The van der Waals surface area contributed by atoms with Crippen molar-refractivity contribution in [2.45, 2.75) is 25.7 Å². The average Bonchev–Trinajstić information content (AvgIpc) is 3.25. The van der Waals surface area contributed by atoms with Crippen LogP contribution in [0.25, 0.3) is 0 Å². The van der Waals surface area contributed by atoms with Gasteiger partial charge in [0.1, 0.15) is 18.5 Å². The fourth-order valence-electron chi connectivity index (χ4n) is 3.13. The van der Waals surface area contributed by atoms with Crippen molar-refractivity contribution in [1.82, 2.24) is 20.0 Å². The first-order valence-corrected chi connectivity index (χ1v) is 9.99. The molecule has 0 spiro atoms. The normalized spacial score (nSPS) is 12.2. The largest absolute Gasteiger partial charge is 0.491 e. The van der Waals surface area contributed by atoms with Gasteiger partial charge in [-0.3, -0.25) is 9.58 Å². The molecule has 0 fully saturated rings. The number of hydrogen-bond acceptors (Lipinski definition) is 5. The van der Waals surface area contributed by atoms with E-state index in [1.165, 1.54) is 11.1 Å². The minimum absolute atomic E-state index is 0.278. The predicted molar refractivity (Wildman–Crippen MR) is 115 cm³/mol. The molecule has 0 aliphatic heterocycles. The molecule has 0 saturated carbocycles. The molecule has 1 atom stereocenters. The van der Waals surface area contributed by atoms with Crippen LogP contribution in [0.4, 0.5) is 0 Å². The monoisotopic (exact) mass is 394 g/mol. The standard InChI is InChI=1S/C23H30N4O2/c1-26(17-21-6-3-2-4-7-21)18-22(28)19-29-23-10-8-20(9-11-23)16-24-13-15-27-14-5-12-25-27/h2-12,14,22,24,28H,13,15-19H2,1H3/t22-/m1/s1. The van der Waals surface area contributed by atoms with E-state index in [9.17, 15) is 5.11 Å². The van der Waals surface area contributed by atoms with Crippen molar-refractivity contribution in [3.05, 3.63) is 84.2 Å². The summed E-state index contributed by atoms with van der Waals surface area (Å²) in [5.41, 5.74) is 2.43. The first-order chi connectivity index (χ1) is 14.2. The Morgan fingerprint density at radius 1 is 1.07 bits per heavy atom. The molecular formula is C23H30N4O2. The lowest BCUT2D eigenvalue weighted by molar-refractivity contribution is 0.0744. The molecule has 3 aromatic rings. The first-order valence-electron chi connectivity index (χ1n) is 9.99. The number of aromatic nitrogens is 2. The maximum Gasteiger partial charge on any atom is 0.119 e. The Labute approximate surface area is 172 Å². The summed E-state index contributed by atoms with van der Waals surface area (Å²) in [6, 6.07) is 20.2. The van der Waals surface area contributed by atoms with Crippen LogP contribution in [0.1, 0.15) is 11.1 Å². The van der Waals surface area contributed by atoms with Crippen molar-refractivity contribution in [3.8, 4) is 5.75 Å². The molecule has 0 aliphatic carbocycles. The van der Waals surface area contributed by atoms with E-state index < -0.39 is 6.10 Å². The van der Waals surface area contributed by atoms with E-state index >= 15 is 0 Å². The molecule has 154 valence electrons. The number of aliphatic hydroxyl groups excluding tert-OH is 1. The quantitative estimate of drug-likeness (QED) is 0.462. The highest BCUT2D eigenvalue weighted by atomic mass is 16.5. The van der Waals surface area contributed by atoms with Crippen LogP contribution in [-0.2, 0) is 19.6 Å². The Morgan fingerprint density at radius 2 is 1.86 bits per heavy atom. The third kappa shape index (κ3) is 7.69. The van der Waals surface area contributed by atoms with Gasteiger partial charge in [-0.25, -0.2) is 0 Å². The van der Waals surface area contributed by atoms with Gasteiger partial charge in [-0.2, -0.15) is 5.10 Å². The Kier molecular flexibility index (Phi) is 8.25. The third-order valence-corrected chi connectivity index (χ3v) is 4.59. The van der Waals surface area contributed by atoms with Crippen LogP contribution in [-0.4, -0.2) is 52.6 Å². The minimum Gasteiger partial charge on any atom is -0.491 e. The third-order valence-electron chi connectivity index (χ3n) is 4.59. The van der Waals surface area contributed by atoms with Gasteiger partial charge in [0.15, 0.2) is 0 Å². The van der Waals surface area contributed by atoms with Crippen LogP contribution in [0.3, 0.4) is 0 Å². The fraction of sp³-hybridized carbons (Fsp3) is 0.348. The van der Waals surface area contributed by atoms with E-state index in [1.807, 2.05) is 66.5 Å². The van der Waals surface area contributed by atoms with Crippen LogP contribution in [0, 0.1) is 0 Å². The van der Waals surface area contributed by atoms with Gasteiger partial charge in [0.2, 0.25) is 0 Å². The highest BCUT2D eigenvalue weighted by Gasteiger charge is 2.10. The van der Waals surface area contributed by atoms with Gasteiger partial charge < -0.3 is 15.2 Å². The lowest BCUT2D eigenvalue weighted by Gasteiger charge is -2.21. The second-order valence-corrected chi connectivity index (χ2v) is 7.24. The molecule has 0 aliphatic rings. The van der Waals surface area contributed by atoms with Crippen molar-refractivity contribution < 1.29 is 9.84 Å². The maximum atomic E-state index is 10.3. The summed E-state index contributed by atoms with van der Waals surface area (Å²) in [4.78, 5) is 2.10. The predicted octanol–water partition coefficient (Wildman–Crippen LogP) is 2.54. The average molecular weight is 395 g/mol. The van der Waals surface area contributed by atoms with Crippen molar-refractivity contribution in [2.75, 3.05) is 26.7 Å². The topological polar surface area (TPSA) is 62.6 Å². The zero-order valence-corrected chi connectivity index (χ0v) is 16.9. The summed E-state index contributed by atoms with van der Waals surface area (Å²) in [7, 11) is 2.00. The van der Waals surface area contributed by atoms with Crippen molar-refractivity contribution >= 4 is 0 Å². The molecule has 2 N–H and O–H groups in total. The van der Waals surface area contributed by atoms with Gasteiger partial charge in [0, 0.05) is 38.6 Å². The molecule has 3 rings (SSSR count). The molecule has 0 unspecified atom stereocenters. The molecule has 6 heteroatoms. The molecule has 1 heterocycles. The molecule has 0 radical (unpaired) electrons. The SMILES string of the molecule is CN(Cc1ccccc1)C[C@@H](O)COc1ccc(CNCCn2cccn2)cc1. The smallest absolute Gasteiger partial charge is 0.119 e. The summed E-state index contributed by atoms with van der Waals surface area (Å²) in [5.74, 6) is 0.773. The van der Waals surface area contributed by atoms with E-state index in [0.717, 1.165) is 31.9 Å². The van der Waals surface area contributed by atoms with Gasteiger partial charge >= 0.3 is 0 Å². The molecule has 29 heavy (non-hydrogen) atoms. The van der Waals surface area contributed by atoms with Gasteiger partial charge in [0.05, 0.1) is 6.54 Å². The molecule has 2 aromatic carbocycles. The molecule has 0 amide bonds. The summed E-state index contributed by atoms with van der Waals surface area (Å²) in [5, 5.41) is 17.8. The number of benzene rings is 2. The molecule has 0 saturated heterocycles. The number of nitrogens with one attached hydrogen (secondary N) is 1. The summed E-state index contributed by atoms with van der Waals surface area (Å²) >= 11 is 0. The summed E-state index contributed by atoms with van der Waals surface area (Å²) in [6.45, 7) is 4.16. The number of aliphatic hydroxyl groups is 1. The van der Waals surface area contributed by atoms with Gasteiger partial charge in [-0.15, -0.1) is 0 Å². The van der Waals surface area contributed by atoms with Gasteiger partial charge in [-0.1, -0.05) is 42.5 Å². The zero-order valence-electron chi connectivity index (χ0n) is 16.9. The number of likely N-dealkylation sites (N-methyl/N-ethyl adjacent to an activating group) is 1. The first kappa shape index (κ1) is 21.0. The maximum absolute atomic E-state index is 10.3. The van der Waals surface area contributed by atoms with Gasteiger partial charge in [0.25, 0.3) is 0 Å². The lowest BCUT2D eigenvalue weighted by atomic mass is 10.2. The number of ether oxygens (including phenoxy) is 1. The summed E-state index contributed by atoms with van der Waals surface area (Å²) < 4.78 is 7.65. The van der Waals surface area contributed by atoms with Crippen LogP contribution < -0.4 is 10.1 Å². The molecule has 1 aromatic heterocycles. The second-order valence-electron chi connectivity index (χ2n) is 7.24. The lowest BCUT2D eigenvalue weighted by Crippen LogP contribution is -2.32. The van der Waals surface area contributed by atoms with Crippen LogP contribution >= 0.6 is 0 Å². The highest BCUT2D eigenvalue weighted by molar-refractivity contribution is 5.27. The van der Waals surface area contributed by atoms with Crippen molar-refractivity contribution in [1.29, 1.82) is 0 Å². The number of hydrogen-bond donors (Lipinski definition) is 2. The minimum atomic E-state index is -0.535. The van der Waals surface area contributed by atoms with Crippen LogP contribution in [0.2, 0.25) is 0 Å². The van der Waals surface area contributed by atoms with Gasteiger partial charge in [-0.05, 0) is 36.4 Å². The van der Waals surface area contributed by atoms with Crippen molar-refractivity contribution in [2.24, 2.45) is 0 Å². The van der Waals surface area contributed by atoms with E-state index in [1.54, 1.807) is 6.20 Å². The van der Waals surface area contributed by atoms with Crippen LogP contribution in [0.5, 0.6) is 5.75 Å². The van der Waals surface area contributed by atoms with E-state index in [0.29, 0.717) is 6.54 Å². The zero-order chi connectivity index (χ0) is 20.3. The van der Waals surface area contributed by atoms with E-state index in [2.05, 4.69) is 27.4 Å². The van der Waals surface area contributed by atoms with Crippen LogP contribution in [0.15, 0.2) is 73.1 Å². The number of nitrogens with zero attached hydrogens (tertiary/aromatic N) is 3. The fourth-order valence-corrected chi connectivity index (χ4v) is 3.13. The molecular weight excluding hydrogens is 364 g/mol. The molecule has 0 bridgehead atoms. The Balaban J connectivity index is 1.32. The molecule has 6 nitrogen and oxygen atoms in total. The van der Waals surface area contributed by atoms with E-state index in [4.69, 9.17) is 4.74 Å². The highest BCUT2D eigenvalue weighted by Crippen LogP contribution is 2.13. The number of rotatable bonds is 12. The second kappa shape index (κ2) is 11.4. The van der Waals surface area contributed by atoms with Crippen molar-refractivity contribution in [3.63, 3.8) is 0 Å². The Morgan fingerprint density at radius 3 is 2.59 bits per heavy atom. The van der Waals surface area contributed by atoms with E-state index in [-0.39, 0.29) is 6.61 Å². The summed E-state index contributed by atoms with van der Waals surface area (Å²) in [6.07, 6.45) is 3.21. The Bertz CT molecular complexity index is 807.